The normalized spacial score (nSPS) is 14.6. The fourth-order valence-electron chi connectivity index (χ4n) is 5.26. The number of anilines is 1. The van der Waals surface area contributed by atoms with Crippen LogP contribution in [-0.2, 0) is 16.1 Å². The molecule has 1 unspecified atom stereocenters. The largest absolute Gasteiger partial charge is 0.497 e. The van der Waals surface area contributed by atoms with E-state index in [4.69, 9.17) is 9.84 Å². The standard InChI is InChI=1S/C34H31N5O3S/c1-23-9-6-7-13-28(23)33-31-32(25-11-4-3-5-12-25)37-39(26-14-16-27(42-2)17-15-26)34(31)38(30(41)22-43-33)21-29(40)36-20-24-10-8-18-35-19-24/h3-19,33H,20-22H2,1-2H3,(H,36,40). The van der Waals surface area contributed by atoms with Gasteiger partial charge in [-0.15, -0.1) is 11.8 Å². The van der Waals surface area contributed by atoms with Crippen molar-refractivity contribution in [1.29, 1.82) is 0 Å². The van der Waals surface area contributed by atoms with Gasteiger partial charge in [0.25, 0.3) is 0 Å². The predicted octanol–water partition coefficient (Wildman–Crippen LogP) is 5.74. The predicted molar refractivity (Wildman–Crippen MR) is 169 cm³/mol. The number of hydrogen-bond donors (Lipinski definition) is 1. The SMILES string of the molecule is COc1ccc(-n2nc(-c3ccccc3)c3c2N(CC(=O)NCc2cccnc2)C(=O)CSC3c2ccccc2C)cc1. The Hall–Kier alpha value is -4.89. The minimum absolute atomic E-state index is 0.150. The van der Waals surface area contributed by atoms with Gasteiger partial charge in [-0.25, -0.2) is 4.68 Å². The fraction of sp³-hybridized carbons (Fsp3) is 0.176. The van der Waals surface area contributed by atoms with Crippen molar-refractivity contribution in [2.75, 3.05) is 24.3 Å². The maximum Gasteiger partial charge on any atom is 0.240 e. The molecule has 1 N–H and O–H groups in total. The van der Waals surface area contributed by atoms with Gasteiger partial charge in [0.1, 0.15) is 18.1 Å². The summed E-state index contributed by atoms with van der Waals surface area (Å²) in [5, 5.41) is 7.92. The van der Waals surface area contributed by atoms with Crippen molar-refractivity contribution in [1.82, 2.24) is 20.1 Å². The van der Waals surface area contributed by atoms with E-state index in [1.807, 2.05) is 78.9 Å². The van der Waals surface area contributed by atoms with Gasteiger partial charge in [-0.1, -0.05) is 60.7 Å². The van der Waals surface area contributed by atoms with Crippen LogP contribution in [0.4, 0.5) is 5.82 Å². The van der Waals surface area contributed by atoms with Gasteiger partial charge in [0.15, 0.2) is 0 Å². The molecule has 43 heavy (non-hydrogen) atoms. The molecule has 2 amide bonds. The second-order valence-electron chi connectivity index (χ2n) is 10.2. The molecule has 3 heterocycles. The lowest BCUT2D eigenvalue weighted by Crippen LogP contribution is -2.42. The number of aryl methyl sites for hydroxylation is 1. The van der Waals surface area contributed by atoms with Gasteiger partial charge in [0.2, 0.25) is 11.8 Å². The van der Waals surface area contributed by atoms with E-state index < -0.39 is 0 Å². The smallest absolute Gasteiger partial charge is 0.240 e. The van der Waals surface area contributed by atoms with Crippen LogP contribution < -0.4 is 15.0 Å². The number of carbonyl (C=O) groups is 2. The van der Waals surface area contributed by atoms with Gasteiger partial charge in [-0.3, -0.25) is 19.5 Å². The van der Waals surface area contributed by atoms with Crippen molar-refractivity contribution in [3.05, 3.63) is 126 Å². The number of thioether (sulfide) groups is 1. The van der Waals surface area contributed by atoms with Crippen molar-refractivity contribution in [3.63, 3.8) is 0 Å². The molecule has 0 aliphatic carbocycles. The van der Waals surface area contributed by atoms with Gasteiger partial charge in [-0.2, -0.15) is 5.10 Å². The average molecular weight is 590 g/mol. The number of benzene rings is 3. The van der Waals surface area contributed by atoms with Crippen LogP contribution in [0.25, 0.3) is 16.9 Å². The number of aromatic nitrogens is 3. The topological polar surface area (TPSA) is 89.3 Å². The highest BCUT2D eigenvalue weighted by Crippen LogP contribution is 2.49. The Balaban J connectivity index is 1.52. The molecular weight excluding hydrogens is 558 g/mol. The summed E-state index contributed by atoms with van der Waals surface area (Å²) in [6, 6.07) is 29.5. The number of carbonyl (C=O) groups excluding carboxylic acids is 2. The zero-order valence-corrected chi connectivity index (χ0v) is 24.8. The number of hydrogen-bond acceptors (Lipinski definition) is 6. The van der Waals surface area contributed by atoms with E-state index in [-0.39, 0.29) is 29.4 Å². The molecular formula is C34H31N5O3S. The van der Waals surface area contributed by atoms with E-state index in [0.29, 0.717) is 18.1 Å². The Morgan fingerprint density at radius 2 is 1.77 bits per heavy atom. The highest BCUT2D eigenvalue weighted by molar-refractivity contribution is 8.00. The van der Waals surface area contributed by atoms with Gasteiger partial charge in [0.05, 0.1) is 29.5 Å². The maximum atomic E-state index is 13.9. The summed E-state index contributed by atoms with van der Waals surface area (Å²) in [5.74, 6) is 1.07. The Kier molecular flexibility index (Phi) is 8.24. The number of nitrogens with zero attached hydrogens (tertiary/aromatic N) is 4. The van der Waals surface area contributed by atoms with Crippen LogP contribution in [-0.4, -0.2) is 46.0 Å². The van der Waals surface area contributed by atoms with Crippen LogP contribution in [0.15, 0.2) is 103 Å². The third-order valence-corrected chi connectivity index (χ3v) is 8.67. The summed E-state index contributed by atoms with van der Waals surface area (Å²) < 4.78 is 7.19. The summed E-state index contributed by atoms with van der Waals surface area (Å²) in [6.07, 6.45) is 3.40. The molecule has 1 aliphatic heterocycles. The van der Waals surface area contributed by atoms with Crippen molar-refractivity contribution < 1.29 is 14.3 Å². The van der Waals surface area contributed by atoms with Crippen LogP contribution >= 0.6 is 11.8 Å². The highest BCUT2D eigenvalue weighted by Gasteiger charge is 2.38. The van der Waals surface area contributed by atoms with E-state index in [9.17, 15) is 9.59 Å². The fourth-order valence-corrected chi connectivity index (χ4v) is 6.55. The number of amides is 2. The quantitative estimate of drug-likeness (QED) is 0.249. The molecule has 0 saturated heterocycles. The number of ether oxygens (including phenoxy) is 1. The van der Waals surface area contributed by atoms with Crippen LogP contribution in [0.3, 0.4) is 0 Å². The van der Waals surface area contributed by atoms with E-state index in [2.05, 4.69) is 29.4 Å². The highest BCUT2D eigenvalue weighted by atomic mass is 32.2. The first-order chi connectivity index (χ1) is 21.0. The molecule has 2 aromatic heterocycles. The second-order valence-corrected chi connectivity index (χ2v) is 11.3. The molecule has 9 heteroatoms. The number of pyridine rings is 1. The molecule has 6 rings (SSSR count). The number of fused-ring (bicyclic) bond motifs is 1. The molecule has 216 valence electrons. The zero-order valence-electron chi connectivity index (χ0n) is 23.9. The summed E-state index contributed by atoms with van der Waals surface area (Å²) in [6.45, 7) is 2.25. The van der Waals surface area contributed by atoms with Crippen LogP contribution in [0, 0.1) is 6.92 Å². The van der Waals surface area contributed by atoms with Crippen molar-refractivity contribution in [2.24, 2.45) is 0 Å². The lowest BCUT2D eigenvalue weighted by Gasteiger charge is -2.23. The lowest BCUT2D eigenvalue weighted by molar-refractivity contribution is -0.123. The third-order valence-electron chi connectivity index (χ3n) is 7.44. The Labute approximate surface area is 254 Å². The molecule has 5 aromatic rings. The van der Waals surface area contributed by atoms with Gasteiger partial charge >= 0.3 is 0 Å². The van der Waals surface area contributed by atoms with Crippen molar-refractivity contribution in [3.8, 4) is 22.7 Å². The first-order valence-electron chi connectivity index (χ1n) is 14.0. The second kappa shape index (κ2) is 12.5. The Bertz CT molecular complexity index is 1740. The number of methoxy groups -OCH3 is 1. The molecule has 0 radical (unpaired) electrons. The van der Waals surface area contributed by atoms with Crippen LogP contribution in [0.2, 0.25) is 0 Å². The first-order valence-corrected chi connectivity index (χ1v) is 15.0. The maximum absolute atomic E-state index is 13.9. The monoisotopic (exact) mass is 589 g/mol. The van der Waals surface area contributed by atoms with Crippen LogP contribution in [0.5, 0.6) is 5.75 Å². The summed E-state index contributed by atoms with van der Waals surface area (Å²) in [5.41, 5.74) is 6.45. The molecule has 8 nitrogen and oxygen atoms in total. The van der Waals surface area contributed by atoms with Crippen molar-refractivity contribution in [2.45, 2.75) is 18.7 Å². The van der Waals surface area contributed by atoms with E-state index in [1.54, 1.807) is 40.8 Å². The summed E-state index contributed by atoms with van der Waals surface area (Å²) >= 11 is 1.56. The lowest BCUT2D eigenvalue weighted by atomic mass is 9.97. The molecule has 0 saturated carbocycles. The summed E-state index contributed by atoms with van der Waals surface area (Å²) in [4.78, 5) is 33.0. The molecule has 0 spiro atoms. The minimum atomic E-state index is -0.272. The summed E-state index contributed by atoms with van der Waals surface area (Å²) in [7, 11) is 1.62. The number of rotatable bonds is 8. The molecule has 1 atom stereocenters. The number of nitrogens with one attached hydrogen (secondary N) is 1. The third kappa shape index (κ3) is 5.89. The molecule has 3 aromatic carbocycles. The Morgan fingerprint density at radius 1 is 1.00 bits per heavy atom. The molecule has 0 bridgehead atoms. The van der Waals surface area contributed by atoms with Crippen molar-refractivity contribution >= 4 is 29.4 Å². The van der Waals surface area contributed by atoms with Gasteiger partial charge < -0.3 is 10.1 Å². The zero-order chi connectivity index (χ0) is 29.8. The average Bonchev–Trinajstić information content (AvgIpc) is 3.38. The van der Waals surface area contributed by atoms with Crippen LogP contribution in [0.1, 0.15) is 27.5 Å². The first kappa shape index (κ1) is 28.2. The van der Waals surface area contributed by atoms with Gasteiger partial charge in [0, 0.05) is 30.1 Å². The van der Waals surface area contributed by atoms with E-state index >= 15 is 0 Å². The van der Waals surface area contributed by atoms with E-state index in [1.165, 1.54) is 0 Å². The molecule has 1 aliphatic rings. The van der Waals surface area contributed by atoms with E-state index in [0.717, 1.165) is 39.2 Å². The van der Waals surface area contributed by atoms with Gasteiger partial charge in [-0.05, 0) is 53.9 Å². The minimum Gasteiger partial charge on any atom is -0.497 e. The molecule has 0 fully saturated rings. The Morgan fingerprint density at radius 3 is 2.49 bits per heavy atom.